The lowest BCUT2D eigenvalue weighted by Gasteiger charge is -2.12. The summed E-state index contributed by atoms with van der Waals surface area (Å²) >= 11 is 3.41. The van der Waals surface area contributed by atoms with Crippen molar-refractivity contribution in [3.63, 3.8) is 0 Å². The maximum atomic E-state index is 11.9. The zero-order valence-corrected chi connectivity index (χ0v) is 10.8. The number of hydrogen-bond acceptors (Lipinski definition) is 2. The summed E-state index contributed by atoms with van der Waals surface area (Å²) in [6.45, 7) is 3.73. The average Bonchev–Trinajstić information content (AvgIpc) is 2.75. The first kappa shape index (κ1) is 11.6. The maximum Gasteiger partial charge on any atom is 0.228 e. The van der Waals surface area contributed by atoms with Crippen LogP contribution >= 0.6 is 15.9 Å². The van der Waals surface area contributed by atoms with Gasteiger partial charge in [-0.05, 0) is 43.7 Å². The minimum atomic E-state index is 0.114. The van der Waals surface area contributed by atoms with Crippen LogP contribution in [0.1, 0.15) is 12.0 Å². The highest BCUT2D eigenvalue weighted by Gasteiger charge is 2.22. The van der Waals surface area contributed by atoms with E-state index in [1.165, 1.54) is 0 Å². The molecular weight excluding hydrogens is 268 g/mol. The van der Waals surface area contributed by atoms with Gasteiger partial charge in [-0.15, -0.1) is 0 Å². The van der Waals surface area contributed by atoms with E-state index in [0.717, 1.165) is 35.2 Å². The molecule has 0 aliphatic carbocycles. The smallest absolute Gasteiger partial charge is 0.228 e. The van der Waals surface area contributed by atoms with Crippen LogP contribution in [0.3, 0.4) is 0 Å². The summed E-state index contributed by atoms with van der Waals surface area (Å²) in [5.74, 6) is 0.235. The van der Waals surface area contributed by atoms with Crippen molar-refractivity contribution in [2.75, 3.05) is 18.4 Å². The van der Waals surface area contributed by atoms with Gasteiger partial charge >= 0.3 is 0 Å². The van der Waals surface area contributed by atoms with Crippen molar-refractivity contribution in [1.82, 2.24) is 5.32 Å². The lowest BCUT2D eigenvalue weighted by Crippen LogP contribution is -2.24. The molecule has 1 aromatic rings. The summed E-state index contributed by atoms with van der Waals surface area (Å²) in [4.78, 5) is 11.9. The Labute approximate surface area is 104 Å². The molecule has 86 valence electrons. The fourth-order valence-electron chi connectivity index (χ4n) is 1.88. The monoisotopic (exact) mass is 282 g/mol. The third kappa shape index (κ3) is 2.62. The number of rotatable bonds is 2. The second-order valence-corrected chi connectivity index (χ2v) is 5.05. The Hall–Kier alpha value is -0.870. The Morgan fingerprint density at radius 1 is 1.56 bits per heavy atom. The van der Waals surface area contributed by atoms with E-state index in [-0.39, 0.29) is 11.8 Å². The number of anilines is 1. The Morgan fingerprint density at radius 3 is 3.00 bits per heavy atom. The summed E-state index contributed by atoms with van der Waals surface area (Å²) in [6.07, 6.45) is 0.932. The number of nitrogens with one attached hydrogen (secondary N) is 2. The summed E-state index contributed by atoms with van der Waals surface area (Å²) in [6, 6.07) is 5.87. The molecule has 0 aromatic heterocycles. The lowest BCUT2D eigenvalue weighted by atomic mass is 10.1. The second-order valence-electron chi connectivity index (χ2n) is 4.14. The maximum absolute atomic E-state index is 11.9. The number of hydrogen-bond donors (Lipinski definition) is 2. The molecular formula is C12H15BrN2O. The fourth-order valence-corrected chi connectivity index (χ4v) is 2.36. The zero-order chi connectivity index (χ0) is 11.5. The average molecular weight is 283 g/mol. The third-order valence-electron chi connectivity index (χ3n) is 2.88. The standard InChI is InChI=1S/C12H15BrN2O/c1-8-6-10(13)2-3-11(8)15-12(16)9-4-5-14-7-9/h2-3,6,9,14H,4-5,7H2,1H3,(H,15,16). The summed E-state index contributed by atoms with van der Waals surface area (Å²) < 4.78 is 1.03. The summed E-state index contributed by atoms with van der Waals surface area (Å²) in [7, 11) is 0. The first-order valence-electron chi connectivity index (χ1n) is 5.44. The number of amides is 1. The Morgan fingerprint density at radius 2 is 2.38 bits per heavy atom. The molecule has 1 atom stereocenters. The molecule has 1 aliphatic rings. The van der Waals surface area contributed by atoms with Crippen molar-refractivity contribution < 1.29 is 4.79 Å². The van der Waals surface area contributed by atoms with Crippen LogP contribution in [0.5, 0.6) is 0 Å². The van der Waals surface area contributed by atoms with Gasteiger partial charge in [0, 0.05) is 16.7 Å². The number of halogens is 1. The van der Waals surface area contributed by atoms with Crippen LogP contribution in [0.4, 0.5) is 5.69 Å². The fraction of sp³-hybridized carbons (Fsp3) is 0.417. The van der Waals surface area contributed by atoms with E-state index in [1.807, 2.05) is 25.1 Å². The highest BCUT2D eigenvalue weighted by molar-refractivity contribution is 9.10. The molecule has 1 aliphatic heterocycles. The number of carbonyl (C=O) groups excluding carboxylic acids is 1. The van der Waals surface area contributed by atoms with Crippen molar-refractivity contribution in [2.24, 2.45) is 5.92 Å². The van der Waals surface area contributed by atoms with Gasteiger partial charge < -0.3 is 10.6 Å². The van der Waals surface area contributed by atoms with E-state index in [2.05, 4.69) is 26.6 Å². The first-order chi connectivity index (χ1) is 7.66. The zero-order valence-electron chi connectivity index (χ0n) is 9.22. The van der Waals surface area contributed by atoms with E-state index in [4.69, 9.17) is 0 Å². The van der Waals surface area contributed by atoms with Gasteiger partial charge in [0.25, 0.3) is 0 Å². The van der Waals surface area contributed by atoms with E-state index in [9.17, 15) is 4.79 Å². The van der Waals surface area contributed by atoms with Gasteiger partial charge in [0.15, 0.2) is 0 Å². The van der Waals surface area contributed by atoms with E-state index >= 15 is 0 Å². The molecule has 4 heteroatoms. The number of benzene rings is 1. The van der Waals surface area contributed by atoms with Gasteiger partial charge in [0.2, 0.25) is 5.91 Å². The van der Waals surface area contributed by atoms with Gasteiger partial charge in [-0.2, -0.15) is 0 Å². The molecule has 1 heterocycles. The molecule has 1 saturated heterocycles. The van der Waals surface area contributed by atoms with E-state index in [1.54, 1.807) is 0 Å². The van der Waals surface area contributed by atoms with Crippen LogP contribution in [0.2, 0.25) is 0 Å². The van der Waals surface area contributed by atoms with Gasteiger partial charge in [0.1, 0.15) is 0 Å². The van der Waals surface area contributed by atoms with Gasteiger partial charge in [0.05, 0.1) is 5.92 Å². The predicted molar refractivity (Wildman–Crippen MR) is 68.5 cm³/mol. The van der Waals surface area contributed by atoms with Crippen LogP contribution in [-0.4, -0.2) is 19.0 Å². The summed E-state index contributed by atoms with van der Waals surface area (Å²) in [5, 5.41) is 6.17. The largest absolute Gasteiger partial charge is 0.326 e. The quantitative estimate of drug-likeness (QED) is 0.874. The molecule has 1 amide bonds. The van der Waals surface area contributed by atoms with Crippen LogP contribution in [0, 0.1) is 12.8 Å². The molecule has 1 unspecified atom stereocenters. The Bertz CT molecular complexity index is 400. The van der Waals surface area contributed by atoms with Crippen molar-refractivity contribution >= 4 is 27.5 Å². The Kier molecular flexibility index (Phi) is 3.61. The lowest BCUT2D eigenvalue weighted by molar-refractivity contribution is -0.119. The first-order valence-corrected chi connectivity index (χ1v) is 6.24. The van der Waals surface area contributed by atoms with Gasteiger partial charge in [-0.25, -0.2) is 0 Å². The Balaban J connectivity index is 2.05. The third-order valence-corrected chi connectivity index (χ3v) is 3.37. The van der Waals surface area contributed by atoms with Crippen molar-refractivity contribution in [1.29, 1.82) is 0 Å². The minimum absolute atomic E-state index is 0.114. The van der Waals surface area contributed by atoms with Gasteiger partial charge in [-0.3, -0.25) is 4.79 Å². The normalized spacial score (nSPS) is 19.8. The SMILES string of the molecule is Cc1cc(Br)ccc1NC(=O)C1CCNC1. The molecule has 0 saturated carbocycles. The van der Waals surface area contributed by atoms with Crippen LogP contribution in [0.15, 0.2) is 22.7 Å². The molecule has 0 bridgehead atoms. The van der Waals surface area contributed by atoms with E-state index in [0.29, 0.717) is 0 Å². The number of carbonyl (C=O) groups is 1. The molecule has 1 aromatic carbocycles. The second kappa shape index (κ2) is 4.97. The van der Waals surface area contributed by atoms with Crippen LogP contribution in [0.25, 0.3) is 0 Å². The summed E-state index contributed by atoms with van der Waals surface area (Å²) in [5.41, 5.74) is 1.98. The van der Waals surface area contributed by atoms with E-state index < -0.39 is 0 Å². The van der Waals surface area contributed by atoms with Gasteiger partial charge in [-0.1, -0.05) is 15.9 Å². The highest BCUT2D eigenvalue weighted by atomic mass is 79.9. The molecule has 2 rings (SSSR count). The molecule has 16 heavy (non-hydrogen) atoms. The van der Waals surface area contributed by atoms with Crippen molar-refractivity contribution in [2.45, 2.75) is 13.3 Å². The minimum Gasteiger partial charge on any atom is -0.326 e. The topological polar surface area (TPSA) is 41.1 Å². The molecule has 0 spiro atoms. The molecule has 1 fully saturated rings. The predicted octanol–water partition coefficient (Wildman–Crippen LogP) is 2.31. The number of aryl methyl sites for hydroxylation is 1. The van der Waals surface area contributed by atoms with Crippen LogP contribution in [-0.2, 0) is 4.79 Å². The molecule has 0 radical (unpaired) electrons. The molecule has 2 N–H and O–H groups in total. The van der Waals surface area contributed by atoms with Crippen molar-refractivity contribution in [3.8, 4) is 0 Å². The van der Waals surface area contributed by atoms with Crippen molar-refractivity contribution in [3.05, 3.63) is 28.2 Å². The molecule has 3 nitrogen and oxygen atoms in total. The van der Waals surface area contributed by atoms with Crippen LogP contribution < -0.4 is 10.6 Å². The highest BCUT2D eigenvalue weighted by Crippen LogP contribution is 2.21.